The van der Waals surface area contributed by atoms with Crippen molar-refractivity contribution < 1.29 is 9.59 Å². The van der Waals surface area contributed by atoms with Crippen molar-refractivity contribution in [1.82, 2.24) is 20.5 Å². The second-order valence-corrected chi connectivity index (χ2v) is 6.95. The number of hydrogen-bond acceptors (Lipinski definition) is 4. The second kappa shape index (κ2) is 10.9. The first kappa shape index (κ1) is 23.0. The van der Waals surface area contributed by atoms with Crippen LogP contribution in [0.3, 0.4) is 0 Å². The molecule has 3 rings (SSSR count). The third-order valence-electron chi connectivity index (χ3n) is 4.69. The first-order valence-electron chi connectivity index (χ1n) is 8.55. The molecule has 2 fully saturated rings. The first-order valence-corrected chi connectivity index (χ1v) is 8.93. The second-order valence-electron chi connectivity index (χ2n) is 6.52. The van der Waals surface area contributed by atoms with Crippen molar-refractivity contribution in [2.24, 2.45) is 5.92 Å². The van der Waals surface area contributed by atoms with E-state index >= 15 is 0 Å². The molecule has 1 aromatic rings. The van der Waals surface area contributed by atoms with Crippen molar-refractivity contribution in [3.8, 4) is 0 Å². The fourth-order valence-electron chi connectivity index (χ4n) is 3.36. The Balaban J connectivity index is 0.00000169. The molecule has 26 heavy (non-hydrogen) atoms. The van der Waals surface area contributed by atoms with Crippen molar-refractivity contribution >= 4 is 48.2 Å². The van der Waals surface area contributed by atoms with Crippen molar-refractivity contribution in [2.45, 2.75) is 31.7 Å². The average Bonchev–Trinajstić information content (AvgIpc) is 3.15. The van der Waals surface area contributed by atoms with Gasteiger partial charge in [-0.25, -0.2) is 4.98 Å². The number of rotatable bonds is 4. The molecule has 0 bridgehead atoms. The molecule has 2 atom stereocenters. The van der Waals surface area contributed by atoms with E-state index in [1.807, 2.05) is 4.90 Å². The van der Waals surface area contributed by atoms with E-state index in [4.69, 9.17) is 11.6 Å². The Kier molecular flexibility index (Phi) is 9.64. The van der Waals surface area contributed by atoms with Gasteiger partial charge >= 0.3 is 0 Å². The van der Waals surface area contributed by atoms with Gasteiger partial charge in [-0.1, -0.05) is 11.6 Å². The van der Waals surface area contributed by atoms with Crippen LogP contribution in [0.1, 0.15) is 36.2 Å². The van der Waals surface area contributed by atoms with Gasteiger partial charge < -0.3 is 15.5 Å². The molecule has 6 nitrogen and oxygen atoms in total. The maximum absolute atomic E-state index is 12.5. The van der Waals surface area contributed by atoms with Gasteiger partial charge in [0.05, 0.1) is 11.1 Å². The molecule has 2 saturated heterocycles. The standard InChI is InChI=1S/C17H23ClN4O2.2ClH/c18-13-5-6-15(20-10-13)17(24)22-8-2-3-12(11-22)9-21-16(23)14-4-1-7-19-14;;/h5-6,10,12,14,19H,1-4,7-9,11H2,(H,21,23);2*1H. The number of carbonyl (C=O) groups is 2. The number of likely N-dealkylation sites (tertiary alicyclic amines) is 1. The predicted octanol–water partition coefficient (Wildman–Crippen LogP) is 2.30. The summed E-state index contributed by atoms with van der Waals surface area (Å²) in [5.74, 6) is 0.302. The van der Waals surface area contributed by atoms with Gasteiger partial charge in [0.25, 0.3) is 5.91 Å². The van der Waals surface area contributed by atoms with E-state index in [9.17, 15) is 9.59 Å². The number of amides is 2. The van der Waals surface area contributed by atoms with Crippen LogP contribution in [-0.4, -0.2) is 53.9 Å². The monoisotopic (exact) mass is 422 g/mol. The quantitative estimate of drug-likeness (QED) is 0.779. The van der Waals surface area contributed by atoms with E-state index in [0.29, 0.717) is 29.7 Å². The van der Waals surface area contributed by atoms with Gasteiger partial charge in [0.2, 0.25) is 5.91 Å². The van der Waals surface area contributed by atoms with Crippen molar-refractivity contribution in [1.29, 1.82) is 0 Å². The van der Waals surface area contributed by atoms with Gasteiger partial charge in [0.1, 0.15) is 5.69 Å². The third kappa shape index (κ3) is 5.98. The van der Waals surface area contributed by atoms with Crippen LogP contribution in [0.15, 0.2) is 18.3 Å². The Bertz CT molecular complexity index is 594. The molecule has 2 aliphatic rings. The van der Waals surface area contributed by atoms with Gasteiger partial charge in [0, 0.05) is 25.8 Å². The van der Waals surface area contributed by atoms with Crippen LogP contribution in [0.2, 0.25) is 5.02 Å². The largest absolute Gasteiger partial charge is 0.354 e. The van der Waals surface area contributed by atoms with E-state index in [2.05, 4.69) is 15.6 Å². The zero-order valence-corrected chi connectivity index (χ0v) is 16.8. The summed E-state index contributed by atoms with van der Waals surface area (Å²) < 4.78 is 0. The SMILES string of the molecule is Cl.Cl.O=C(NCC1CCCN(C(=O)c2ccc(Cl)cn2)C1)C1CCCN1. The molecule has 2 amide bonds. The summed E-state index contributed by atoms with van der Waals surface area (Å²) in [5.41, 5.74) is 0.416. The van der Waals surface area contributed by atoms with Crippen LogP contribution in [0.25, 0.3) is 0 Å². The minimum atomic E-state index is -0.0693. The highest BCUT2D eigenvalue weighted by Crippen LogP contribution is 2.18. The van der Waals surface area contributed by atoms with Crippen molar-refractivity contribution in [3.05, 3.63) is 29.0 Å². The molecule has 3 heterocycles. The lowest BCUT2D eigenvalue weighted by Gasteiger charge is -2.32. The normalized spacial score (nSPS) is 22.1. The van der Waals surface area contributed by atoms with Gasteiger partial charge in [-0.2, -0.15) is 0 Å². The molecule has 2 N–H and O–H groups in total. The summed E-state index contributed by atoms with van der Waals surface area (Å²) in [7, 11) is 0. The number of nitrogens with one attached hydrogen (secondary N) is 2. The molecule has 2 unspecified atom stereocenters. The summed E-state index contributed by atoms with van der Waals surface area (Å²) in [5, 5.41) is 6.75. The van der Waals surface area contributed by atoms with Crippen molar-refractivity contribution in [3.63, 3.8) is 0 Å². The smallest absolute Gasteiger partial charge is 0.272 e. The zero-order valence-electron chi connectivity index (χ0n) is 14.4. The zero-order chi connectivity index (χ0) is 16.9. The van der Waals surface area contributed by atoms with Crippen LogP contribution in [-0.2, 0) is 4.79 Å². The predicted molar refractivity (Wildman–Crippen MR) is 106 cm³/mol. The van der Waals surface area contributed by atoms with E-state index in [1.54, 1.807) is 12.1 Å². The average molecular weight is 424 g/mol. The molecule has 0 aromatic carbocycles. The molecule has 2 aliphatic heterocycles. The molecule has 146 valence electrons. The minimum absolute atomic E-state index is 0. The third-order valence-corrected chi connectivity index (χ3v) is 4.92. The molecule has 1 aromatic heterocycles. The molecule has 0 radical (unpaired) electrons. The lowest BCUT2D eigenvalue weighted by atomic mass is 9.97. The Hall–Kier alpha value is -1.08. The van der Waals surface area contributed by atoms with Gasteiger partial charge in [-0.3, -0.25) is 9.59 Å². The number of aromatic nitrogens is 1. The number of carbonyl (C=O) groups excluding carboxylic acids is 2. The molecule has 0 aliphatic carbocycles. The highest BCUT2D eigenvalue weighted by atomic mass is 35.5. The van der Waals surface area contributed by atoms with E-state index in [-0.39, 0.29) is 42.7 Å². The topological polar surface area (TPSA) is 74.3 Å². The molecule has 0 saturated carbocycles. The molecular formula is C17H25Cl3N4O2. The molecule has 0 spiro atoms. The first-order chi connectivity index (χ1) is 11.6. The van der Waals surface area contributed by atoms with E-state index in [1.165, 1.54) is 6.20 Å². The van der Waals surface area contributed by atoms with E-state index < -0.39 is 0 Å². The van der Waals surface area contributed by atoms with Gasteiger partial charge in [-0.15, -0.1) is 24.8 Å². The Morgan fingerprint density at radius 3 is 2.73 bits per heavy atom. The van der Waals surface area contributed by atoms with Crippen molar-refractivity contribution in [2.75, 3.05) is 26.2 Å². The lowest BCUT2D eigenvalue weighted by molar-refractivity contribution is -0.123. The van der Waals surface area contributed by atoms with E-state index in [0.717, 1.165) is 38.8 Å². The van der Waals surface area contributed by atoms with Gasteiger partial charge in [0.15, 0.2) is 0 Å². The number of piperidine rings is 1. The summed E-state index contributed by atoms with van der Waals surface area (Å²) in [6.07, 6.45) is 5.42. The highest BCUT2D eigenvalue weighted by molar-refractivity contribution is 6.30. The highest BCUT2D eigenvalue weighted by Gasteiger charge is 2.27. The molecule has 9 heteroatoms. The number of hydrogen-bond donors (Lipinski definition) is 2. The summed E-state index contributed by atoms with van der Waals surface area (Å²) in [6.45, 7) is 2.92. The Labute approximate surface area is 171 Å². The maximum Gasteiger partial charge on any atom is 0.272 e. The van der Waals surface area contributed by atoms with Crippen LogP contribution in [0.4, 0.5) is 0 Å². The number of pyridine rings is 1. The summed E-state index contributed by atoms with van der Waals surface area (Å²) in [6, 6.07) is 3.28. The summed E-state index contributed by atoms with van der Waals surface area (Å²) >= 11 is 5.82. The summed E-state index contributed by atoms with van der Waals surface area (Å²) in [4.78, 5) is 30.5. The fourth-order valence-corrected chi connectivity index (χ4v) is 3.47. The van der Waals surface area contributed by atoms with Crippen LogP contribution >= 0.6 is 36.4 Å². The lowest BCUT2D eigenvalue weighted by Crippen LogP contribution is -2.46. The van der Waals surface area contributed by atoms with Crippen LogP contribution in [0.5, 0.6) is 0 Å². The fraction of sp³-hybridized carbons (Fsp3) is 0.588. The minimum Gasteiger partial charge on any atom is -0.354 e. The Morgan fingerprint density at radius 1 is 1.27 bits per heavy atom. The van der Waals surface area contributed by atoms with Gasteiger partial charge in [-0.05, 0) is 50.3 Å². The van der Waals surface area contributed by atoms with Crippen LogP contribution in [0, 0.1) is 5.92 Å². The molecular weight excluding hydrogens is 399 g/mol. The van der Waals surface area contributed by atoms with Crippen LogP contribution < -0.4 is 10.6 Å². The maximum atomic E-state index is 12.5. The number of nitrogens with zero attached hydrogens (tertiary/aromatic N) is 2. The Morgan fingerprint density at radius 2 is 2.08 bits per heavy atom. The number of halogens is 3.